The summed E-state index contributed by atoms with van der Waals surface area (Å²) in [5, 5.41) is 9.95. The van der Waals surface area contributed by atoms with Gasteiger partial charge >= 0.3 is 5.97 Å². The minimum absolute atomic E-state index is 0.0213. The maximum Gasteiger partial charge on any atom is 0.337 e. The van der Waals surface area contributed by atoms with Gasteiger partial charge in [-0.2, -0.15) is 0 Å². The molecule has 1 aliphatic rings. The van der Waals surface area contributed by atoms with Crippen LogP contribution in [-0.2, 0) is 12.8 Å². The Balaban J connectivity index is 2.27. The summed E-state index contributed by atoms with van der Waals surface area (Å²) in [7, 11) is 0. The minimum Gasteiger partial charge on any atom is -0.478 e. The summed E-state index contributed by atoms with van der Waals surface area (Å²) in [4.78, 5) is 14.5. The number of hydrogen-bond donors (Lipinski definition) is 2. The number of halogens is 2. The van der Waals surface area contributed by atoms with Crippen LogP contribution in [-0.4, -0.2) is 16.1 Å². The third-order valence-electron chi connectivity index (χ3n) is 4.28. The van der Waals surface area contributed by atoms with Crippen molar-refractivity contribution < 1.29 is 14.3 Å². The van der Waals surface area contributed by atoms with Crippen LogP contribution in [0, 0.1) is 11.7 Å². The van der Waals surface area contributed by atoms with Gasteiger partial charge in [-0.25, -0.2) is 9.18 Å². The molecule has 0 amide bonds. The lowest BCUT2D eigenvalue weighted by Crippen LogP contribution is -2.14. The van der Waals surface area contributed by atoms with E-state index in [1.54, 1.807) is 0 Å². The highest BCUT2D eigenvalue weighted by Gasteiger charge is 2.27. The van der Waals surface area contributed by atoms with Gasteiger partial charge in [0, 0.05) is 11.1 Å². The second-order valence-electron chi connectivity index (χ2n) is 5.64. The third kappa shape index (κ3) is 2.20. The van der Waals surface area contributed by atoms with Crippen LogP contribution in [0.2, 0.25) is 0 Å². The Bertz CT molecular complexity index is 778. The molecule has 1 heterocycles. The number of aromatic nitrogens is 1. The third-order valence-corrected chi connectivity index (χ3v) is 5.06. The second kappa shape index (κ2) is 4.98. The van der Waals surface area contributed by atoms with Crippen molar-refractivity contribution in [2.75, 3.05) is 0 Å². The van der Waals surface area contributed by atoms with Gasteiger partial charge in [-0.1, -0.05) is 12.2 Å². The lowest BCUT2D eigenvalue weighted by Gasteiger charge is -2.22. The van der Waals surface area contributed by atoms with Crippen LogP contribution in [0.15, 0.2) is 22.7 Å². The fourth-order valence-electron chi connectivity index (χ4n) is 3.12. The van der Waals surface area contributed by atoms with Crippen molar-refractivity contribution >= 4 is 32.8 Å². The van der Waals surface area contributed by atoms with Crippen LogP contribution in [0.3, 0.4) is 0 Å². The summed E-state index contributed by atoms with van der Waals surface area (Å²) in [5.74, 6) is -1.27. The molecule has 1 unspecified atom stereocenters. The number of aromatic carboxylic acids is 1. The molecule has 0 fully saturated rings. The standard InChI is InChI=1S/C16H15BrFNO2/c1-7(2)8-3-4-9-12(5-8)19-15-10(16(20)21)6-11(18)14(17)13(9)15/h6,8,19H,1,3-5H2,2H3,(H,20,21). The predicted molar refractivity (Wildman–Crippen MR) is 83.2 cm³/mol. The minimum atomic E-state index is -1.12. The Morgan fingerprint density at radius 3 is 2.90 bits per heavy atom. The van der Waals surface area contributed by atoms with Gasteiger partial charge in [0.1, 0.15) is 5.82 Å². The van der Waals surface area contributed by atoms with Crippen LogP contribution >= 0.6 is 15.9 Å². The molecule has 21 heavy (non-hydrogen) atoms. The summed E-state index contributed by atoms with van der Waals surface area (Å²) in [6.07, 6.45) is 2.56. The first-order valence-corrected chi connectivity index (χ1v) is 7.59. The summed E-state index contributed by atoms with van der Waals surface area (Å²) in [6.45, 7) is 6.02. The van der Waals surface area contributed by atoms with Crippen molar-refractivity contribution in [3.05, 3.63) is 45.3 Å². The van der Waals surface area contributed by atoms with E-state index in [-0.39, 0.29) is 5.56 Å². The van der Waals surface area contributed by atoms with Crippen LogP contribution in [0.1, 0.15) is 35.0 Å². The van der Waals surface area contributed by atoms with Crippen LogP contribution in [0.5, 0.6) is 0 Å². The molecule has 0 saturated carbocycles. The maximum atomic E-state index is 14.0. The Hall–Kier alpha value is -1.62. The summed E-state index contributed by atoms with van der Waals surface area (Å²) < 4.78 is 14.3. The maximum absolute atomic E-state index is 14.0. The van der Waals surface area contributed by atoms with Crippen LogP contribution in [0.25, 0.3) is 10.9 Å². The Morgan fingerprint density at radius 1 is 1.57 bits per heavy atom. The number of carboxylic acids is 1. The molecular weight excluding hydrogens is 337 g/mol. The zero-order valence-corrected chi connectivity index (χ0v) is 13.2. The van der Waals surface area contributed by atoms with E-state index in [1.807, 2.05) is 6.92 Å². The predicted octanol–water partition coefficient (Wildman–Crippen LogP) is 4.45. The molecule has 1 aromatic carbocycles. The molecule has 1 aliphatic carbocycles. The lowest BCUT2D eigenvalue weighted by molar-refractivity contribution is 0.0698. The van der Waals surface area contributed by atoms with Gasteiger partial charge in [-0.15, -0.1) is 0 Å². The highest BCUT2D eigenvalue weighted by atomic mass is 79.9. The van der Waals surface area contributed by atoms with Crippen LogP contribution < -0.4 is 0 Å². The van der Waals surface area contributed by atoms with Gasteiger partial charge in [0.2, 0.25) is 0 Å². The van der Waals surface area contributed by atoms with Gasteiger partial charge in [0.05, 0.1) is 15.6 Å². The largest absolute Gasteiger partial charge is 0.478 e. The van der Waals surface area contributed by atoms with E-state index in [1.165, 1.54) is 0 Å². The summed E-state index contributed by atoms with van der Waals surface area (Å²) in [6, 6.07) is 1.06. The molecule has 2 N–H and O–H groups in total. The fourth-order valence-corrected chi connectivity index (χ4v) is 3.67. The average Bonchev–Trinajstić information content (AvgIpc) is 2.80. The molecule has 5 heteroatoms. The molecule has 0 aliphatic heterocycles. The molecule has 3 nitrogen and oxygen atoms in total. The quantitative estimate of drug-likeness (QED) is 0.785. The molecular formula is C16H15BrFNO2. The van der Waals surface area contributed by atoms with E-state index in [9.17, 15) is 14.3 Å². The lowest BCUT2D eigenvalue weighted by atomic mass is 9.83. The average molecular weight is 352 g/mol. The zero-order valence-electron chi connectivity index (χ0n) is 11.6. The molecule has 1 atom stereocenters. The highest BCUT2D eigenvalue weighted by molar-refractivity contribution is 9.10. The molecule has 110 valence electrons. The first-order chi connectivity index (χ1) is 9.90. The van der Waals surface area contributed by atoms with E-state index >= 15 is 0 Å². The Labute approximate surface area is 130 Å². The number of allylic oxidation sites excluding steroid dienone is 1. The number of benzene rings is 1. The molecule has 3 rings (SSSR count). The molecule has 2 aromatic rings. The summed E-state index contributed by atoms with van der Waals surface area (Å²) in [5.41, 5.74) is 3.63. The van der Waals surface area contributed by atoms with Gasteiger partial charge in [-0.3, -0.25) is 0 Å². The van der Waals surface area contributed by atoms with Crippen LogP contribution in [0.4, 0.5) is 4.39 Å². The first-order valence-electron chi connectivity index (χ1n) is 6.80. The molecule has 0 bridgehead atoms. The number of carbonyl (C=O) groups is 1. The first kappa shape index (κ1) is 14.3. The monoisotopic (exact) mass is 351 g/mol. The van der Waals surface area contributed by atoms with Gasteiger partial charge in [-0.05, 0) is 59.7 Å². The Kier molecular flexibility index (Phi) is 3.40. The van der Waals surface area contributed by atoms with E-state index in [0.29, 0.717) is 21.3 Å². The fraction of sp³-hybridized carbons (Fsp3) is 0.312. The molecule has 0 saturated heterocycles. The van der Waals surface area contributed by atoms with Gasteiger partial charge in [0.15, 0.2) is 0 Å². The second-order valence-corrected chi connectivity index (χ2v) is 6.44. The van der Waals surface area contributed by atoms with Gasteiger partial charge < -0.3 is 10.1 Å². The number of hydrogen-bond acceptors (Lipinski definition) is 1. The number of carboxylic acid groups (broad SMARTS) is 1. The van der Waals surface area contributed by atoms with E-state index in [0.717, 1.165) is 42.2 Å². The van der Waals surface area contributed by atoms with E-state index < -0.39 is 11.8 Å². The number of fused-ring (bicyclic) bond motifs is 3. The zero-order chi connectivity index (χ0) is 15.3. The number of aromatic amines is 1. The van der Waals surface area contributed by atoms with Crippen molar-refractivity contribution in [1.29, 1.82) is 0 Å². The van der Waals surface area contributed by atoms with Gasteiger partial charge in [0.25, 0.3) is 0 Å². The van der Waals surface area contributed by atoms with Crippen molar-refractivity contribution in [1.82, 2.24) is 4.98 Å². The SMILES string of the molecule is C=C(C)C1CCc2c([nH]c3c(C(=O)O)cc(F)c(Br)c23)C1. The van der Waals surface area contributed by atoms with E-state index in [2.05, 4.69) is 27.5 Å². The Morgan fingerprint density at radius 2 is 2.29 bits per heavy atom. The number of rotatable bonds is 2. The molecule has 1 aromatic heterocycles. The van der Waals surface area contributed by atoms with Crippen molar-refractivity contribution in [3.8, 4) is 0 Å². The smallest absolute Gasteiger partial charge is 0.337 e. The van der Waals surface area contributed by atoms with E-state index in [4.69, 9.17) is 0 Å². The molecule has 0 spiro atoms. The normalized spacial score (nSPS) is 17.8. The summed E-state index contributed by atoms with van der Waals surface area (Å²) >= 11 is 3.26. The van der Waals surface area contributed by atoms with Crippen molar-refractivity contribution in [2.24, 2.45) is 5.92 Å². The number of aryl methyl sites for hydroxylation is 1. The topological polar surface area (TPSA) is 53.1 Å². The number of H-pyrrole nitrogens is 1. The highest BCUT2D eigenvalue weighted by Crippen LogP contribution is 2.39. The molecule has 0 radical (unpaired) electrons. The number of nitrogens with one attached hydrogen (secondary N) is 1. The van der Waals surface area contributed by atoms with Crippen molar-refractivity contribution in [3.63, 3.8) is 0 Å². The van der Waals surface area contributed by atoms with Crippen molar-refractivity contribution in [2.45, 2.75) is 26.2 Å².